The highest BCUT2D eigenvalue weighted by atomic mass is 79.9. The molecule has 1 aliphatic heterocycles. The maximum absolute atomic E-state index is 3.58. The topological polar surface area (TPSA) is 12.0 Å². The summed E-state index contributed by atoms with van der Waals surface area (Å²) in [4.78, 5) is 0. The molecule has 1 N–H and O–H groups in total. The molecule has 1 heterocycles. The van der Waals surface area contributed by atoms with E-state index in [1.54, 1.807) is 0 Å². The van der Waals surface area contributed by atoms with Gasteiger partial charge in [-0.25, -0.2) is 0 Å². The molecule has 2 rings (SSSR count). The molecule has 0 amide bonds. The predicted octanol–water partition coefficient (Wildman–Crippen LogP) is 3.20. The van der Waals surface area contributed by atoms with Crippen molar-refractivity contribution in [3.05, 3.63) is 28.2 Å². The van der Waals surface area contributed by atoms with Gasteiger partial charge in [0.1, 0.15) is 0 Å². The molecular formula is C10H12BrN. The number of hydrogen-bond donors (Lipinski definition) is 1. The lowest BCUT2D eigenvalue weighted by Crippen LogP contribution is -1.99. The van der Waals surface area contributed by atoms with E-state index >= 15 is 0 Å². The smallest absolute Gasteiger partial charge is 0.0384 e. The molecule has 1 nitrogen and oxygen atoms in total. The normalized spacial score (nSPS) is 16.1. The second-order valence-electron chi connectivity index (χ2n) is 3.15. The maximum atomic E-state index is 3.58. The van der Waals surface area contributed by atoms with Gasteiger partial charge in [0.2, 0.25) is 0 Å². The molecule has 0 aromatic heterocycles. The van der Waals surface area contributed by atoms with Crippen molar-refractivity contribution in [1.29, 1.82) is 0 Å². The summed E-state index contributed by atoms with van der Waals surface area (Å²) in [5.41, 5.74) is 2.75. The van der Waals surface area contributed by atoms with Crippen molar-refractivity contribution in [2.24, 2.45) is 0 Å². The summed E-state index contributed by atoms with van der Waals surface area (Å²) in [6.45, 7) is 1.11. The quantitative estimate of drug-likeness (QED) is 0.716. The summed E-state index contributed by atoms with van der Waals surface area (Å²) in [6, 6.07) is 6.36. The standard InChI is InChI=1S/C10H12BrN/c11-9-5-3-6-10-8(9)4-1-2-7-12-10/h3,5-6,12H,1-2,4,7H2. The fourth-order valence-electron chi connectivity index (χ4n) is 1.63. The van der Waals surface area contributed by atoms with E-state index in [1.807, 2.05) is 0 Å². The van der Waals surface area contributed by atoms with Gasteiger partial charge in [-0.3, -0.25) is 0 Å². The monoisotopic (exact) mass is 225 g/mol. The number of rotatable bonds is 0. The van der Waals surface area contributed by atoms with Crippen LogP contribution in [0, 0.1) is 0 Å². The van der Waals surface area contributed by atoms with Crippen molar-refractivity contribution in [2.75, 3.05) is 11.9 Å². The molecule has 64 valence electrons. The Bertz CT molecular complexity index is 283. The van der Waals surface area contributed by atoms with Crippen molar-refractivity contribution < 1.29 is 0 Å². The van der Waals surface area contributed by atoms with Crippen LogP contribution in [-0.2, 0) is 6.42 Å². The summed E-state index contributed by atoms with van der Waals surface area (Å²) >= 11 is 3.58. The number of nitrogens with one attached hydrogen (secondary N) is 1. The van der Waals surface area contributed by atoms with Gasteiger partial charge < -0.3 is 5.32 Å². The van der Waals surface area contributed by atoms with E-state index in [2.05, 4.69) is 39.4 Å². The van der Waals surface area contributed by atoms with Crippen molar-refractivity contribution in [3.63, 3.8) is 0 Å². The molecule has 0 saturated carbocycles. The molecule has 12 heavy (non-hydrogen) atoms. The number of hydrogen-bond acceptors (Lipinski definition) is 1. The molecule has 1 aromatic carbocycles. The lowest BCUT2D eigenvalue weighted by Gasteiger charge is -2.08. The van der Waals surface area contributed by atoms with E-state index in [9.17, 15) is 0 Å². The predicted molar refractivity (Wildman–Crippen MR) is 55.6 cm³/mol. The first-order chi connectivity index (χ1) is 5.88. The number of fused-ring (bicyclic) bond motifs is 1. The molecule has 0 aliphatic carbocycles. The van der Waals surface area contributed by atoms with Crippen LogP contribution in [0.4, 0.5) is 5.69 Å². The third kappa shape index (κ3) is 1.48. The lowest BCUT2D eigenvalue weighted by molar-refractivity contribution is 0.784. The van der Waals surface area contributed by atoms with Gasteiger partial charge in [-0.1, -0.05) is 22.0 Å². The average molecular weight is 226 g/mol. The fourth-order valence-corrected chi connectivity index (χ4v) is 2.19. The van der Waals surface area contributed by atoms with Gasteiger partial charge in [-0.05, 0) is 37.0 Å². The minimum absolute atomic E-state index is 1.11. The molecule has 0 fully saturated rings. The van der Waals surface area contributed by atoms with Crippen LogP contribution in [0.3, 0.4) is 0 Å². The van der Waals surface area contributed by atoms with Gasteiger partial charge in [-0.15, -0.1) is 0 Å². The van der Waals surface area contributed by atoms with Gasteiger partial charge in [0.15, 0.2) is 0 Å². The van der Waals surface area contributed by atoms with Crippen LogP contribution in [0.5, 0.6) is 0 Å². The Labute approximate surface area is 81.3 Å². The Morgan fingerprint density at radius 3 is 3.08 bits per heavy atom. The first-order valence-corrected chi connectivity index (χ1v) is 5.18. The van der Waals surface area contributed by atoms with Crippen LogP contribution in [0.2, 0.25) is 0 Å². The van der Waals surface area contributed by atoms with Crippen LogP contribution < -0.4 is 5.32 Å². The third-order valence-electron chi connectivity index (χ3n) is 2.29. The Kier molecular flexibility index (Phi) is 2.35. The van der Waals surface area contributed by atoms with E-state index in [-0.39, 0.29) is 0 Å². The second-order valence-corrected chi connectivity index (χ2v) is 4.00. The highest BCUT2D eigenvalue weighted by Crippen LogP contribution is 2.28. The van der Waals surface area contributed by atoms with Crippen molar-refractivity contribution in [3.8, 4) is 0 Å². The zero-order chi connectivity index (χ0) is 8.39. The zero-order valence-electron chi connectivity index (χ0n) is 6.94. The van der Waals surface area contributed by atoms with E-state index in [0.29, 0.717) is 0 Å². The van der Waals surface area contributed by atoms with E-state index in [1.165, 1.54) is 35.0 Å². The SMILES string of the molecule is Brc1cccc2c1CCCCN2. The number of anilines is 1. The third-order valence-corrected chi connectivity index (χ3v) is 3.03. The summed E-state index contributed by atoms with van der Waals surface area (Å²) < 4.78 is 1.24. The van der Waals surface area contributed by atoms with E-state index < -0.39 is 0 Å². The maximum Gasteiger partial charge on any atom is 0.0384 e. The zero-order valence-corrected chi connectivity index (χ0v) is 8.52. The summed E-state index contributed by atoms with van der Waals surface area (Å²) in [6.07, 6.45) is 3.77. The molecule has 2 heteroatoms. The molecule has 1 aliphatic rings. The van der Waals surface area contributed by atoms with Crippen LogP contribution in [0.25, 0.3) is 0 Å². The van der Waals surface area contributed by atoms with Crippen molar-refractivity contribution in [1.82, 2.24) is 0 Å². The first-order valence-electron chi connectivity index (χ1n) is 4.39. The summed E-state index contributed by atoms with van der Waals surface area (Å²) in [7, 11) is 0. The van der Waals surface area contributed by atoms with Gasteiger partial charge in [0.05, 0.1) is 0 Å². The van der Waals surface area contributed by atoms with E-state index in [4.69, 9.17) is 0 Å². The molecule has 0 atom stereocenters. The number of benzene rings is 1. The van der Waals surface area contributed by atoms with Crippen LogP contribution in [0.1, 0.15) is 18.4 Å². The molecule has 0 unspecified atom stereocenters. The van der Waals surface area contributed by atoms with Gasteiger partial charge >= 0.3 is 0 Å². The molecule has 0 spiro atoms. The van der Waals surface area contributed by atoms with Crippen LogP contribution in [-0.4, -0.2) is 6.54 Å². The minimum Gasteiger partial charge on any atom is -0.385 e. The minimum atomic E-state index is 1.11. The fraction of sp³-hybridized carbons (Fsp3) is 0.400. The van der Waals surface area contributed by atoms with Gasteiger partial charge in [-0.2, -0.15) is 0 Å². The van der Waals surface area contributed by atoms with Crippen LogP contribution >= 0.6 is 15.9 Å². The Morgan fingerprint density at radius 2 is 2.17 bits per heavy atom. The highest BCUT2D eigenvalue weighted by Gasteiger charge is 2.08. The molecule has 1 aromatic rings. The largest absolute Gasteiger partial charge is 0.385 e. The Balaban J connectivity index is 2.42. The van der Waals surface area contributed by atoms with E-state index in [0.717, 1.165) is 6.54 Å². The number of halogens is 1. The average Bonchev–Trinajstić information content (AvgIpc) is 2.30. The molecular weight excluding hydrogens is 214 g/mol. The molecule has 0 radical (unpaired) electrons. The Hall–Kier alpha value is -0.500. The molecule has 0 bridgehead atoms. The molecule has 0 saturated heterocycles. The lowest BCUT2D eigenvalue weighted by atomic mass is 10.1. The summed E-state index contributed by atoms with van der Waals surface area (Å²) in [5.74, 6) is 0. The summed E-state index contributed by atoms with van der Waals surface area (Å²) in [5, 5.41) is 3.44. The van der Waals surface area contributed by atoms with Crippen molar-refractivity contribution >= 4 is 21.6 Å². The van der Waals surface area contributed by atoms with Gasteiger partial charge in [0.25, 0.3) is 0 Å². The first kappa shape index (κ1) is 8.11. The van der Waals surface area contributed by atoms with Crippen molar-refractivity contribution in [2.45, 2.75) is 19.3 Å². The van der Waals surface area contributed by atoms with Gasteiger partial charge in [0, 0.05) is 16.7 Å². The second kappa shape index (κ2) is 3.48. The van der Waals surface area contributed by atoms with Crippen LogP contribution in [0.15, 0.2) is 22.7 Å². The highest BCUT2D eigenvalue weighted by molar-refractivity contribution is 9.10. The Morgan fingerprint density at radius 1 is 1.25 bits per heavy atom.